The smallest absolute Gasteiger partial charge is 0.306 e. The summed E-state index contributed by atoms with van der Waals surface area (Å²) in [5.41, 5.74) is 0. The van der Waals surface area contributed by atoms with E-state index in [9.17, 15) is 19.8 Å². The van der Waals surface area contributed by atoms with E-state index in [4.69, 9.17) is 4.74 Å². The van der Waals surface area contributed by atoms with Gasteiger partial charge in [-0.3, -0.25) is 9.59 Å². The van der Waals surface area contributed by atoms with Crippen molar-refractivity contribution in [3.8, 4) is 0 Å². The van der Waals surface area contributed by atoms with Gasteiger partial charge >= 0.3 is 5.97 Å². The van der Waals surface area contributed by atoms with E-state index in [1.165, 1.54) is 135 Å². The van der Waals surface area contributed by atoms with E-state index in [1.807, 2.05) is 0 Å². The van der Waals surface area contributed by atoms with Gasteiger partial charge in [-0.2, -0.15) is 0 Å². The third-order valence-corrected chi connectivity index (χ3v) is 12.1. The largest absolute Gasteiger partial charge is 0.462 e. The number of esters is 1. The summed E-state index contributed by atoms with van der Waals surface area (Å²) in [6, 6.07) is -0.714. The summed E-state index contributed by atoms with van der Waals surface area (Å²) in [6.45, 7) is 6.37. The fourth-order valence-corrected chi connectivity index (χ4v) is 8.09. The lowest BCUT2D eigenvalue weighted by molar-refractivity contribution is -0.151. The van der Waals surface area contributed by atoms with Crippen LogP contribution in [-0.4, -0.2) is 46.9 Å². The van der Waals surface area contributed by atoms with Gasteiger partial charge in [-0.05, 0) is 77.0 Å². The lowest BCUT2D eigenvalue weighted by Crippen LogP contribution is -2.46. The molecule has 62 heavy (non-hydrogen) atoms. The number of unbranched alkanes of at least 4 members (excludes halogenated alkanes) is 28. The number of carbonyl (C=O) groups excluding carboxylic acids is 2. The van der Waals surface area contributed by atoms with Gasteiger partial charge < -0.3 is 20.3 Å². The van der Waals surface area contributed by atoms with E-state index >= 15 is 0 Å². The number of ether oxygens (including phenoxy) is 1. The summed E-state index contributed by atoms with van der Waals surface area (Å²) >= 11 is 0. The van der Waals surface area contributed by atoms with Crippen molar-refractivity contribution >= 4 is 11.9 Å². The Hall–Kier alpha value is -2.18. The van der Waals surface area contributed by atoms with Crippen molar-refractivity contribution in [1.82, 2.24) is 5.32 Å². The molecule has 0 fully saturated rings. The Morgan fingerprint density at radius 2 is 0.887 bits per heavy atom. The van der Waals surface area contributed by atoms with Gasteiger partial charge in [0.05, 0.1) is 25.2 Å². The number of amides is 1. The molecule has 1 amide bonds. The molecule has 0 aliphatic rings. The summed E-state index contributed by atoms with van der Waals surface area (Å²) in [6.07, 6.45) is 60.4. The number of nitrogens with one attached hydrogen (secondary N) is 1. The normalized spacial score (nSPS) is 13.6. The molecule has 0 heterocycles. The molecule has 0 saturated heterocycles. The summed E-state index contributed by atoms with van der Waals surface area (Å²) in [5.74, 6) is -0.523. The van der Waals surface area contributed by atoms with Gasteiger partial charge in [0.1, 0.15) is 6.10 Å². The third kappa shape index (κ3) is 44.4. The topological polar surface area (TPSA) is 95.9 Å². The molecule has 362 valence electrons. The molecule has 3 unspecified atom stereocenters. The average Bonchev–Trinajstić information content (AvgIpc) is 3.26. The van der Waals surface area contributed by atoms with Crippen LogP contribution in [-0.2, 0) is 14.3 Å². The quantitative estimate of drug-likeness (QED) is 0.0322. The Kier molecular flexibility index (Phi) is 48.1. The second-order valence-electron chi connectivity index (χ2n) is 18.2. The van der Waals surface area contributed by atoms with Gasteiger partial charge in [0, 0.05) is 6.42 Å². The molecule has 3 atom stereocenters. The van der Waals surface area contributed by atoms with Crippen LogP contribution in [0.15, 0.2) is 48.6 Å². The molecule has 0 radical (unpaired) electrons. The number of carbonyl (C=O) groups is 2. The van der Waals surface area contributed by atoms with Gasteiger partial charge in [-0.15, -0.1) is 0 Å². The molecule has 0 aliphatic carbocycles. The molecule has 6 heteroatoms. The number of hydrogen-bond donors (Lipinski definition) is 3. The van der Waals surface area contributed by atoms with E-state index in [0.717, 1.165) is 89.9 Å². The molecule has 0 saturated carbocycles. The van der Waals surface area contributed by atoms with Gasteiger partial charge in [0.25, 0.3) is 0 Å². The minimum atomic E-state index is -0.798. The Balaban J connectivity index is 4.54. The van der Waals surface area contributed by atoms with Crippen molar-refractivity contribution < 1.29 is 24.5 Å². The van der Waals surface area contributed by atoms with Gasteiger partial charge in [-0.1, -0.05) is 230 Å². The zero-order valence-electron chi connectivity index (χ0n) is 41.3. The molecular formula is C56H103NO5. The molecule has 0 spiro atoms. The number of allylic oxidation sites excluding steroid dienone is 8. The average molecular weight is 870 g/mol. The van der Waals surface area contributed by atoms with Crippen molar-refractivity contribution in [1.29, 1.82) is 0 Å². The van der Waals surface area contributed by atoms with Crippen LogP contribution in [0.1, 0.15) is 271 Å². The van der Waals surface area contributed by atoms with Gasteiger partial charge in [0.2, 0.25) is 5.91 Å². The van der Waals surface area contributed by atoms with Crippen LogP contribution in [0.5, 0.6) is 0 Å². The number of aliphatic hydroxyl groups excluding tert-OH is 2. The first-order valence-electron chi connectivity index (χ1n) is 26.9. The predicted molar refractivity (Wildman–Crippen MR) is 269 cm³/mol. The predicted octanol–water partition coefficient (Wildman–Crippen LogP) is 16.2. The van der Waals surface area contributed by atoms with Crippen molar-refractivity contribution in [2.75, 3.05) is 6.61 Å². The maximum Gasteiger partial charge on any atom is 0.306 e. The van der Waals surface area contributed by atoms with Crippen molar-refractivity contribution in [3.05, 3.63) is 48.6 Å². The van der Waals surface area contributed by atoms with E-state index in [2.05, 4.69) is 74.7 Å². The van der Waals surface area contributed by atoms with Crippen LogP contribution >= 0.6 is 0 Å². The van der Waals surface area contributed by atoms with E-state index in [1.54, 1.807) is 0 Å². The minimum Gasteiger partial charge on any atom is -0.462 e. The van der Waals surface area contributed by atoms with Gasteiger partial charge in [-0.25, -0.2) is 0 Å². The zero-order valence-corrected chi connectivity index (χ0v) is 41.3. The van der Waals surface area contributed by atoms with Gasteiger partial charge in [0.15, 0.2) is 0 Å². The minimum absolute atomic E-state index is 0.0484. The molecule has 6 nitrogen and oxygen atoms in total. The van der Waals surface area contributed by atoms with Crippen LogP contribution in [0.25, 0.3) is 0 Å². The highest BCUT2D eigenvalue weighted by Gasteiger charge is 2.24. The highest BCUT2D eigenvalue weighted by molar-refractivity contribution is 5.77. The Morgan fingerprint density at radius 1 is 0.484 bits per heavy atom. The fraction of sp³-hybridized carbons (Fsp3) is 0.821. The van der Waals surface area contributed by atoms with E-state index in [-0.39, 0.29) is 24.9 Å². The molecule has 0 aromatic carbocycles. The maximum atomic E-state index is 13.2. The molecule has 3 N–H and O–H groups in total. The third-order valence-electron chi connectivity index (χ3n) is 12.1. The first kappa shape index (κ1) is 59.8. The number of hydrogen-bond acceptors (Lipinski definition) is 5. The highest BCUT2D eigenvalue weighted by atomic mass is 16.5. The number of aliphatic hydroxyl groups is 2. The second kappa shape index (κ2) is 49.8. The van der Waals surface area contributed by atoms with Crippen LogP contribution in [0.2, 0.25) is 0 Å². The van der Waals surface area contributed by atoms with Crippen LogP contribution in [0.4, 0.5) is 0 Å². The lowest BCUT2D eigenvalue weighted by Gasteiger charge is -2.24. The summed E-state index contributed by atoms with van der Waals surface area (Å²) < 4.78 is 5.91. The Bertz CT molecular complexity index is 1070. The Morgan fingerprint density at radius 3 is 1.37 bits per heavy atom. The van der Waals surface area contributed by atoms with Crippen molar-refractivity contribution in [3.63, 3.8) is 0 Å². The van der Waals surface area contributed by atoms with Crippen LogP contribution in [0, 0.1) is 0 Å². The Labute approximate surface area is 385 Å². The maximum absolute atomic E-state index is 13.2. The standard InChI is InChI=1S/C56H103NO5/c1-4-7-10-13-16-19-22-25-27-28-29-30-33-36-39-42-45-48-54(59)53(51-58)57-55(60)50-52(47-44-41-38-35-32-24-21-18-15-12-9-6-3)62-56(61)49-46-43-40-37-34-31-26-23-20-17-14-11-8-5-2/h8,11,17,20,26,31,35,38,52-54,58-59H,4-7,9-10,12-16,18-19,21-25,27-30,32-34,36-37,39-51H2,1-3H3,(H,57,60)/b11-8+,20-17+,31-26+,38-35-. The molecule has 0 aliphatic heterocycles. The zero-order chi connectivity index (χ0) is 45.2. The first-order valence-corrected chi connectivity index (χ1v) is 26.9. The molecule has 0 aromatic heterocycles. The first-order chi connectivity index (χ1) is 30.5. The number of rotatable bonds is 48. The molecule has 0 rings (SSSR count). The lowest BCUT2D eigenvalue weighted by atomic mass is 10.0. The van der Waals surface area contributed by atoms with Crippen molar-refractivity contribution in [2.45, 2.75) is 289 Å². The monoisotopic (exact) mass is 870 g/mol. The SMILES string of the molecule is CC/C=C/C/C=C/C/C=C/CCCCCCC(=O)OC(CCC/C=C\CCCCCCCCC)CC(=O)NC(CO)C(O)CCCCCCCCCCCCCCCCCCC. The molecule has 0 aromatic rings. The summed E-state index contributed by atoms with van der Waals surface area (Å²) in [5, 5.41) is 23.8. The van der Waals surface area contributed by atoms with Crippen LogP contribution < -0.4 is 5.32 Å². The van der Waals surface area contributed by atoms with E-state index in [0.29, 0.717) is 19.3 Å². The summed E-state index contributed by atoms with van der Waals surface area (Å²) in [7, 11) is 0. The van der Waals surface area contributed by atoms with Crippen molar-refractivity contribution in [2.24, 2.45) is 0 Å². The van der Waals surface area contributed by atoms with E-state index < -0.39 is 18.2 Å². The molecular weight excluding hydrogens is 767 g/mol. The summed E-state index contributed by atoms with van der Waals surface area (Å²) in [4.78, 5) is 26.1. The second-order valence-corrected chi connectivity index (χ2v) is 18.2. The highest BCUT2D eigenvalue weighted by Crippen LogP contribution is 2.17. The van der Waals surface area contributed by atoms with Crippen LogP contribution in [0.3, 0.4) is 0 Å². The fourth-order valence-electron chi connectivity index (χ4n) is 8.09. The molecule has 0 bridgehead atoms.